The van der Waals surface area contributed by atoms with Crippen molar-refractivity contribution < 1.29 is 8.42 Å². The summed E-state index contributed by atoms with van der Waals surface area (Å²) < 4.78 is 28.5. The van der Waals surface area contributed by atoms with Crippen molar-refractivity contribution in [3.8, 4) is 0 Å². The van der Waals surface area contributed by atoms with Gasteiger partial charge in [-0.3, -0.25) is 0 Å². The largest absolute Gasteiger partial charge is 0.301 e. The van der Waals surface area contributed by atoms with Crippen molar-refractivity contribution in [1.29, 1.82) is 0 Å². The summed E-state index contributed by atoms with van der Waals surface area (Å²) in [7, 11) is -3.23. The van der Waals surface area contributed by atoms with Gasteiger partial charge in [-0.1, -0.05) is 13.3 Å². The van der Waals surface area contributed by atoms with Gasteiger partial charge in [-0.05, 0) is 26.3 Å². The summed E-state index contributed by atoms with van der Waals surface area (Å²) in [5.41, 5.74) is 0. The van der Waals surface area contributed by atoms with Crippen molar-refractivity contribution in [2.45, 2.75) is 39.2 Å². The molecular weight excluding hydrogens is 250 g/mol. The molecular formula is C12H25N3O2S. The molecule has 0 aromatic carbocycles. The molecule has 2 saturated heterocycles. The van der Waals surface area contributed by atoms with Crippen LogP contribution in [0.15, 0.2) is 0 Å². The SMILES string of the molecule is CCN1CCN(S(=O)(=O)N2CCCC[C@@H]2C)CC1. The zero-order valence-corrected chi connectivity index (χ0v) is 12.3. The van der Waals surface area contributed by atoms with Gasteiger partial charge >= 0.3 is 0 Å². The van der Waals surface area contributed by atoms with Crippen LogP contribution in [0.5, 0.6) is 0 Å². The highest BCUT2D eigenvalue weighted by Crippen LogP contribution is 2.22. The first-order chi connectivity index (χ1) is 8.55. The minimum Gasteiger partial charge on any atom is -0.301 e. The Hall–Kier alpha value is -0.170. The molecule has 106 valence electrons. The first-order valence-corrected chi connectivity index (χ1v) is 8.44. The van der Waals surface area contributed by atoms with Gasteiger partial charge in [-0.15, -0.1) is 0 Å². The van der Waals surface area contributed by atoms with Crippen molar-refractivity contribution >= 4 is 10.2 Å². The minimum absolute atomic E-state index is 0.160. The normalized spacial score (nSPS) is 29.6. The number of likely N-dealkylation sites (N-methyl/N-ethyl adjacent to an activating group) is 1. The molecule has 2 aliphatic rings. The Morgan fingerprint density at radius 3 is 2.28 bits per heavy atom. The molecule has 0 amide bonds. The lowest BCUT2D eigenvalue weighted by Gasteiger charge is -2.39. The average molecular weight is 275 g/mol. The molecule has 2 aliphatic heterocycles. The standard InChI is InChI=1S/C12H25N3O2S/c1-3-13-8-10-14(11-9-13)18(16,17)15-7-5-4-6-12(15)2/h12H,3-11H2,1-2H3/t12-/m0/s1. The van der Waals surface area contributed by atoms with E-state index < -0.39 is 10.2 Å². The number of rotatable bonds is 3. The van der Waals surface area contributed by atoms with Gasteiger partial charge in [0.05, 0.1) is 0 Å². The molecule has 2 fully saturated rings. The topological polar surface area (TPSA) is 43.9 Å². The van der Waals surface area contributed by atoms with E-state index in [4.69, 9.17) is 0 Å². The van der Waals surface area contributed by atoms with E-state index in [1.807, 2.05) is 6.92 Å². The van der Waals surface area contributed by atoms with Gasteiger partial charge in [0.1, 0.15) is 0 Å². The summed E-state index contributed by atoms with van der Waals surface area (Å²) >= 11 is 0. The molecule has 1 atom stereocenters. The Labute approximate surface area is 111 Å². The number of piperidine rings is 1. The molecule has 0 aromatic heterocycles. The van der Waals surface area contributed by atoms with Crippen LogP contribution in [0.25, 0.3) is 0 Å². The van der Waals surface area contributed by atoms with Crippen LogP contribution in [-0.2, 0) is 10.2 Å². The molecule has 0 aliphatic carbocycles. The molecule has 0 unspecified atom stereocenters. The van der Waals surface area contributed by atoms with Gasteiger partial charge in [0.15, 0.2) is 0 Å². The third-order valence-electron chi connectivity index (χ3n) is 4.14. The fraction of sp³-hybridized carbons (Fsp3) is 1.00. The lowest BCUT2D eigenvalue weighted by molar-refractivity contribution is 0.178. The van der Waals surface area contributed by atoms with E-state index in [9.17, 15) is 8.42 Å². The zero-order chi connectivity index (χ0) is 13.2. The van der Waals surface area contributed by atoms with Crippen LogP contribution in [0.4, 0.5) is 0 Å². The molecule has 18 heavy (non-hydrogen) atoms. The zero-order valence-electron chi connectivity index (χ0n) is 11.5. The first kappa shape index (κ1) is 14.2. The highest BCUT2D eigenvalue weighted by molar-refractivity contribution is 7.86. The van der Waals surface area contributed by atoms with E-state index in [0.717, 1.165) is 38.9 Å². The fourth-order valence-corrected chi connectivity index (χ4v) is 4.68. The molecule has 2 rings (SSSR count). The maximum atomic E-state index is 12.6. The van der Waals surface area contributed by atoms with Gasteiger partial charge in [0.25, 0.3) is 10.2 Å². The van der Waals surface area contributed by atoms with Crippen LogP contribution in [0.2, 0.25) is 0 Å². The molecule has 0 bridgehead atoms. The van der Waals surface area contributed by atoms with Crippen molar-refractivity contribution in [2.24, 2.45) is 0 Å². The summed E-state index contributed by atoms with van der Waals surface area (Å²) in [6.07, 6.45) is 3.14. The van der Waals surface area contributed by atoms with Crippen LogP contribution < -0.4 is 0 Å². The Bertz CT molecular complexity index is 364. The third-order valence-corrected chi connectivity index (χ3v) is 6.30. The molecule has 0 N–H and O–H groups in total. The highest BCUT2D eigenvalue weighted by atomic mass is 32.2. The van der Waals surface area contributed by atoms with E-state index in [-0.39, 0.29) is 6.04 Å². The van der Waals surface area contributed by atoms with Gasteiger partial charge in [0.2, 0.25) is 0 Å². The van der Waals surface area contributed by atoms with Gasteiger partial charge in [0, 0.05) is 38.8 Å². The van der Waals surface area contributed by atoms with Gasteiger partial charge in [-0.25, -0.2) is 0 Å². The Morgan fingerprint density at radius 2 is 1.72 bits per heavy atom. The van der Waals surface area contributed by atoms with Crippen LogP contribution in [-0.4, -0.2) is 67.2 Å². The maximum Gasteiger partial charge on any atom is 0.282 e. The second-order valence-electron chi connectivity index (χ2n) is 5.30. The molecule has 0 saturated carbocycles. The van der Waals surface area contributed by atoms with Gasteiger partial charge < -0.3 is 4.90 Å². The summed E-state index contributed by atoms with van der Waals surface area (Å²) in [6.45, 7) is 8.84. The summed E-state index contributed by atoms with van der Waals surface area (Å²) in [5.74, 6) is 0. The lowest BCUT2D eigenvalue weighted by Crippen LogP contribution is -2.55. The quantitative estimate of drug-likeness (QED) is 0.763. The minimum atomic E-state index is -3.23. The first-order valence-electron chi connectivity index (χ1n) is 7.05. The Balaban J connectivity index is 2.02. The lowest BCUT2D eigenvalue weighted by atomic mass is 10.1. The summed E-state index contributed by atoms with van der Waals surface area (Å²) in [6, 6.07) is 0.160. The number of hydrogen-bond acceptors (Lipinski definition) is 3. The van der Waals surface area contributed by atoms with Crippen molar-refractivity contribution in [1.82, 2.24) is 13.5 Å². The highest BCUT2D eigenvalue weighted by Gasteiger charge is 2.35. The molecule has 0 radical (unpaired) electrons. The monoisotopic (exact) mass is 275 g/mol. The second kappa shape index (κ2) is 5.86. The number of hydrogen-bond donors (Lipinski definition) is 0. The van der Waals surface area contributed by atoms with Crippen LogP contribution in [0.3, 0.4) is 0 Å². The van der Waals surface area contributed by atoms with Crippen LogP contribution >= 0.6 is 0 Å². The smallest absolute Gasteiger partial charge is 0.282 e. The number of nitrogens with zero attached hydrogens (tertiary/aromatic N) is 3. The van der Waals surface area contributed by atoms with Crippen LogP contribution in [0.1, 0.15) is 33.1 Å². The maximum absolute atomic E-state index is 12.6. The molecule has 2 heterocycles. The van der Waals surface area contributed by atoms with E-state index in [2.05, 4.69) is 11.8 Å². The summed E-state index contributed by atoms with van der Waals surface area (Å²) in [4.78, 5) is 2.30. The summed E-state index contributed by atoms with van der Waals surface area (Å²) in [5, 5.41) is 0. The fourth-order valence-electron chi connectivity index (χ4n) is 2.84. The Kier molecular flexibility index (Phi) is 4.64. The Morgan fingerprint density at radius 1 is 1.06 bits per heavy atom. The molecule has 6 heteroatoms. The molecule has 5 nitrogen and oxygen atoms in total. The number of piperazine rings is 1. The van der Waals surface area contributed by atoms with E-state index in [1.54, 1.807) is 8.61 Å². The third kappa shape index (κ3) is 2.87. The van der Waals surface area contributed by atoms with E-state index in [1.165, 1.54) is 0 Å². The second-order valence-corrected chi connectivity index (χ2v) is 7.18. The van der Waals surface area contributed by atoms with Crippen LogP contribution in [0, 0.1) is 0 Å². The van der Waals surface area contributed by atoms with E-state index in [0.29, 0.717) is 19.6 Å². The van der Waals surface area contributed by atoms with Crippen molar-refractivity contribution in [3.63, 3.8) is 0 Å². The predicted octanol–water partition coefficient (Wildman–Crippen LogP) is 0.743. The molecule has 0 aromatic rings. The van der Waals surface area contributed by atoms with Gasteiger partial charge in [-0.2, -0.15) is 17.0 Å². The predicted molar refractivity (Wildman–Crippen MR) is 72.6 cm³/mol. The van der Waals surface area contributed by atoms with Crippen molar-refractivity contribution in [2.75, 3.05) is 39.3 Å². The van der Waals surface area contributed by atoms with E-state index >= 15 is 0 Å². The molecule has 0 spiro atoms. The average Bonchev–Trinajstić information content (AvgIpc) is 2.39. The van der Waals surface area contributed by atoms with Crippen molar-refractivity contribution in [3.05, 3.63) is 0 Å².